The van der Waals surface area contributed by atoms with Gasteiger partial charge in [-0.2, -0.15) is 0 Å². The van der Waals surface area contributed by atoms with Crippen molar-refractivity contribution in [1.29, 1.82) is 0 Å². The lowest BCUT2D eigenvalue weighted by atomic mass is 10.2. The second kappa shape index (κ2) is 9.24. The summed E-state index contributed by atoms with van der Waals surface area (Å²) in [5.41, 5.74) is 0.456. The minimum atomic E-state index is -0.438. The van der Waals surface area contributed by atoms with Gasteiger partial charge in [-0.05, 0) is 31.2 Å². The van der Waals surface area contributed by atoms with Crippen molar-refractivity contribution in [3.63, 3.8) is 0 Å². The van der Waals surface area contributed by atoms with E-state index in [0.29, 0.717) is 50.0 Å². The fraction of sp³-hybridized carbons (Fsp3) is 0.286. The van der Waals surface area contributed by atoms with E-state index in [4.69, 9.17) is 4.74 Å². The number of nitrogens with zero attached hydrogens (tertiary/aromatic N) is 6. The first-order valence-corrected chi connectivity index (χ1v) is 10.1. The van der Waals surface area contributed by atoms with Gasteiger partial charge in [0.05, 0.1) is 17.2 Å². The number of rotatable bonds is 7. The molecule has 3 heterocycles. The van der Waals surface area contributed by atoms with Crippen LogP contribution in [0, 0.1) is 10.1 Å². The quantitative estimate of drug-likeness (QED) is 0.454. The molecule has 160 valence electrons. The second-order valence-corrected chi connectivity index (χ2v) is 6.87. The molecule has 1 aliphatic rings. The molecular formula is C21H23N7O3. The lowest BCUT2D eigenvalue weighted by molar-refractivity contribution is -0.383. The van der Waals surface area contributed by atoms with Crippen LogP contribution in [0.2, 0.25) is 0 Å². The van der Waals surface area contributed by atoms with Crippen LogP contribution in [0.5, 0.6) is 5.75 Å². The average Bonchev–Trinajstić information content (AvgIpc) is 2.81. The molecule has 1 aliphatic heterocycles. The molecule has 1 aromatic carbocycles. The number of pyridine rings is 1. The number of anilines is 4. The van der Waals surface area contributed by atoms with Gasteiger partial charge in [0.2, 0.25) is 11.6 Å². The average molecular weight is 421 g/mol. The number of nitro groups is 1. The van der Waals surface area contributed by atoms with Crippen LogP contribution >= 0.6 is 0 Å². The summed E-state index contributed by atoms with van der Waals surface area (Å²) in [5.74, 6) is 1.93. The van der Waals surface area contributed by atoms with E-state index in [-0.39, 0.29) is 11.5 Å². The molecular weight excluding hydrogens is 398 g/mol. The van der Waals surface area contributed by atoms with Crippen LogP contribution in [0.3, 0.4) is 0 Å². The van der Waals surface area contributed by atoms with Crippen LogP contribution in [0.4, 0.5) is 28.8 Å². The van der Waals surface area contributed by atoms with Crippen molar-refractivity contribution in [2.45, 2.75) is 6.92 Å². The number of benzene rings is 1. The molecule has 1 N–H and O–H groups in total. The van der Waals surface area contributed by atoms with Gasteiger partial charge in [0.15, 0.2) is 0 Å². The highest BCUT2D eigenvalue weighted by Gasteiger charge is 2.30. The summed E-state index contributed by atoms with van der Waals surface area (Å²) in [7, 11) is 0. The van der Waals surface area contributed by atoms with E-state index in [1.54, 1.807) is 18.3 Å². The van der Waals surface area contributed by atoms with Crippen molar-refractivity contribution in [3.05, 3.63) is 65.1 Å². The van der Waals surface area contributed by atoms with Crippen LogP contribution < -0.4 is 19.9 Å². The third-order valence-electron chi connectivity index (χ3n) is 4.98. The van der Waals surface area contributed by atoms with Crippen molar-refractivity contribution >= 4 is 28.8 Å². The lowest BCUT2D eigenvalue weighted by Crippen LogP contribution is -2.47. The highest BCUT2D eigenvalue weighted by Crippen LogP contribution is 2.36. The highest BCUT2D eigenvalue weighted by atomic mass is 16.6. The highest BCUT2D eigenvalue weighted by molar-refractivity contribution is 5.76. The number of piperazine rings is 1. The Balaban J connectivity index is 1.58. The first-order valence-electron chi connectivity index (χ1n) is 10.1. The smallest absolute Gasteiger partial charge is 0.353 e. The van der Waals surface area contributed by atoms with Gasteiger partial charge in [0, 0.05) is 32.4 Å². The van der Waals surface area contributed by atoms with E-state index >= 15 is 0 Å². The van der Waals surface area contributed by atoms with Gasteiger partial charge >= 0.3 is 5.69 Å². The van der Waals surface area contributed by atoms with E-state index < -0.39 is 4.92 Å². The predicted molar refractivity (Wildman–Crippen MR) is 118 cm³/mol. The molecule has 10 heteroatoms. The molecule has 3 aromatic rings. The van der Waals surface area contributed by atoms with Gasteiger partial charge in [0.25, 0.3) is 0 Å². The SMILES string of the molecule is CCOc1ccccc1Nc1ncnc(N2CCN(c3ccccn3)CC2)c1[N+](=O)[O-]. The largest absolute Gasteiger partial charge is 0.492 e. The molecule has 0 bridgehead atoms. The Morgan fingerprint density at radius 2 is 1.77 bits per heavy atom. The van der Waals surface area contributed by atoms with Crippen molar-refractivity contribution in [1.82, 2.24) is 15.0 Å². The van der Waals surface area contributed by atoms with E-state index in [9.17, 15) is 10.1 Å². The van der Waals surface area contributed by atoms with E-state index in [1.165, 1.54) is 6.33 Å². The maximum Gasteiger partial charge on any atom is 0.353 e. The van der Waals surface area contributed by atoms with Gasteiger partial charge in [-0.1, -0.05) is 18.2 Å². The third-order valence-corrected chi connectivity index (χ3v) is 4.98. The summed E-state index contributed by atoms with van der Waals surface area (Å²) in [6.07, 6.45) is 3.11. The summed E-state index contributed by atoms with van der Waals surface area (Å²) in [6, 6.07) is 13.1. The first-order chi connectivity index (χ1) is 15.2. The maximum atomic E-state index is 12.0. The van der Waals surface area contributed by atoms with Crippen molar-refractivity contribution in [2.75, 3.05) is 47.9 Å². The number of hydrogen-bond acceptors (Lipinski definition) is 9. The fourth-order valence-electron chi connectivity index (χ4n) is 3.53. The van der Waals surface area contributed by atoms with Gasteiger partial charge in [-0.15, -0.1) is 0 Å². The summed E-state index contributed by atoms with van der Waals surface area (Å²) in [6.45, 7) is 4.91. The number of para-hydroxylation sites is 2. The Hall–Kier alpha value is -3.95. The Morgan fingerprint density at radius 3 is 2.48 bits per heavy atom. The molecule has 10 nitrogen and oxygen atoms in total. The van der Waals surface area contributed by atoms with Gasteiger partial charge < -0.3 is 19.9 Å². The Bertz CT molecular complexity index is 1040. The van der Waals surface area contributed by atoms with Crippen LogP contribution in [-0.4, -0.2) is 52.7 Å². The molecule has 0 saturated carbocycles. The number of nitrogens with one attached hydrogen (secondary N) is 1. The molecule has 4 rings (SSSR count). The molecule has 1 fully saturated rings. The molecule has 0 unspecified atom stereocenters. The molecule has 0 atom stereocenters. The fourth-order valence-corrected chi connectivity index (χ4v) is 3.53. The molecule has 2 aromatic heterocycles. The molecule has 0 aliphatic carbocycles. The first kappa shape index (κ1) is 20.3. The van der Waals surface area contributed by atoms with Gasteiger partial charge in [-0.3, -0.25) is 10.1 Å². The monoisotopic (exact) mass is 421 g/mol. The molecule has 0 spiro atoms. The molecule has 31 heavy (non-hydrogen) atoms. The number of ether oxygens (including phenoxy) is 1. The number of aromatic nitrogens is 3. The maximum absolute atomic E-state index is 12.0. The summed E-state index contributed by atoms with van der Waals surface area (Å²) in [5, 5.41) is 15.0. The summed E-state index contributed by atoms with van der Waals surface area (Å²) >= 11 is 0. The minimum Gasteiger partial charge on any atom is -0.492 e. The van der Waals surface area contributed by atoms with Crippen LogP contribution in [0.25, 0.3) is 0 Å². The summed E-state index contributed by atoms with van der Waals surface area (Å²) in [4.78, 5) is 28.4. The van der Waals surface area contributed by atoms with E-state index in [2.05, 4.69) is 25.2 Å². The van der Waals surface area contributed by atoms with Crippen LogP contribution in [0.1, 0.15) is 6.92 Å². The zero-order valence-corrected chi connectivity index (χ0v) is 17.1. The normalized spacial score (nSPS) is 13.7. The van der Waals surface area contributed by atoms with E-state index in [0.717, 1.165) is 5.82 Å². The Kier molecular flexibility index (Phi) is 6.06. The third kappa shape index (κ3) is 4.47. The topological polar surface area (TPSA) is 110 Å². The lowest BCUT2D eigenvalue weighted by Gasteiger charge is -2.35. The standard InChI is InChI=1S/C21H23N7O3/c1-2-31-17-8-4-3-7-16(17)25-20-19(28(29)30)21(24-15-23-20)27-13-11-26(12-14-27)18-9-5-6-10-22-18/h3-10,15H,2,11-14H2,1H3,(H,23,24,25). The second-order valence-electron chi connectivity index (χ2n) is 6.87. The predicted octanol–water partition coefficient (Wildman–Crippen LogP) is 3.25. The zero-order chi connectivity index (χ0) is 21.6. The molecule has 1 saturated heterocycles. The van der Waals surface area contributed by atoms with Crippen molar-refractivity contribution in [2.24, 2.45) is 0 Å². The van der Waals surface area contributed by atoms with Crippen LogP contribution in [-0.2, 0) is 0 Å². The minimum absolute atomic E-state index is 0.134. The van der Waals surface area contributed by atoms with Gasteiger partial charge in [0.1, 0.15) is 17.9 Å². The Labute approximate surface area is 179 Å². The Morgan fingerprint density at radius 1 is 1.03 bits per heavy atom. The number of hydrogen-bond donors (Lipinski definition) is 1. The zero-order valence-electron chi connectivity index (χ0n) is 17.1. The molecule has 0 radical (unpaired) electrons. The van der Waals surface area contributed by atoms with E-state index in [1.807, 2.05) is 42.2 Å². The van der Waals surface area contributed by atoms with Gasteiger partial charge in [-0.25, -0.2) is 15.0 Å². The van der Waals surface area contributed by atoms with Crippen molar-refractivity contribution < 1.29 is 9.66 Å². The van der Waals surface area contributed by atoms with Crippen molar-refractivity contribution in [3.8, 4) is 5.75 Å². The summed E-state index contributed by atoms with van der Waals surface area (Å²) < 4.78 is 5.61. The van der Waals surface area contributed by atoms with Crippen LogP contribution in [0.15, 0.2) is 55.0 Å². The molecule has 0 amide bonds.